The smallest absolute Gasteiger partial charge is 0.239 e. The fourth-order valence-corrected chi connectivity index (χ4v) is 2.11. The van der Waals surface area contributed by atoms with E-state index in [4.69, 9.17) is 5.73 Å². The molecule has 2 N–H and O–H groups in total. The highest BCUT2D eigenvalue weighted by atomic mass is 16.2. The Hall–Kier alpha value is -0.610. The second-order valence-corrected chi connectivity index (χ2v) is 3.79. The van der Waals surface area contributed by atoms with Crippen LogP contribution >= 0.6 is 0 Å². The summed E-state index contributed by atoms with van der Waals surface area (Å²) in [6.07, 6.45) is 0.836. The van der Waals surface area contributed by atoms with Gasteiger partial charge in [-0.25, -0.2) is 0 Å². The predicted octanol–water partition coefficient (Wildman–Crippen LogP) is -1.14. The van der Waals surface area contributed by atoms with E-state index in [1.165, 1.54) is 0 Å². The lowest BCUT2D eigenvalue weighted by Gasteiger charge is -2.35. The molecule has 68 valence electrons. The molecule has 0 spiro atoms. The minimum absolute atomic E-state index is 0.146. The fourth-order valence-electron chi connectivity index (χ4n) is 2.11. The van der Waals surface area contributed by atoms with E-state index in [0.29, 0.717) is 6.04 Å². The average Bonchev–Trinajstić information content (AvgIpc) is 2.28. The number of carbonyl (C=O) groups excluding carboxylic acids is 1. The molecule has 2 unspecified atom stereocenters. The molecule has 2 heterocycles. The summed E-state index contributed by atoms with van der Waals surface area (Å²) in [4.78, 5) is 15.6. The zero-order valence-corrected chi connectivity index (χ0v) is 7.36. The number of likely N-dealkylation sites (N-methyl/N-ethyl adjacent to an activating group) is 1. The van der Waals surface area contributed by atoms with Crippen LogP contribution in [-0.4, -0.2) is 54.5 Å². The van der Waals surface area contributed by atoms with Crippen LogP contribution in [-0.2, 0) is 4.79 Å². The van der Waals surface area contributed by atoms with E-state index in [1.807, 2.05) is 4.90 Å². The van der Waals surface area contributed by atoms with Crippen LogP contribution in [0.3, 0.4) is 0 Å². The monoisotopic (exact) mass is 169 g/mol. The molecule has 2 aliphatic heterocycles. The van der Waals surface area contributed by atoms with Crippen LogP contribution < -0.4 is 5.73 Å². The van der Waals surface area contributed by atoms with Crippen molar-refractivity contribution in [2.45, 2.75) is 18.5 Å². The number of hydrogen-bond donors (Lipinski definition) is 1. The molecule has 2 saturated heterocycles. The SMILES string of the molecule is CN1CCN2C(=O)C(N)CC2C1. The van der Waals surface area contributed by atoms with Crippen molar-refractivity contribution < 1.29 is 4.79 Å². The number of rotatable bonds is 0. The van der Waals surface area contributed by atoms with E-state index in [1.54, 1.807) is 0 Å². The van der Waals surface area contributed by atoms with Gasteiger partial charge < -0.3 is 15.5 Å². The van der Waals surface area contributed by atoms with Crippen LogP contribution in [0.4, 0.5) is 0 Å². The van der Waals surface area contributed by atoms with Gasteiger partial charge in [-0.3, -0.25) is 4.79 Å². The van der Waals surface area contributed by atoms with Crippen molar-refractivity contribution in [3.8, 4) is 0 Å². The third kappa shape index (κ3) is 1.11. The van der Waals surface area contributed by atoms with E-state index in [-0.39, 0.29) is 11.9 Å². The zero-order valence-electron chi connectivity index (χ0n) is 7.36. The van der Waals surface area contributed by atoms with Gasteiger partial charge in [0.1, 0.15) is 0 Å². The van der Waals surface area contributed by atoms with Crippen LogP contribution in [0.1, 0.15) is 6.42 Å². The summed E-state index contributed by atoms with van der Waals surface area (Å²) in [6, 6.07) is 0.146. The predicted molar refractivity (Wildman–Crippen MR) is 45.6 cm³/mol. The molecule has 0 bridgehead atoms. The molecule has 2 rings (SSSR count). The Morgan fingerprint density at radius 3 is 3.00 bits per heavy atom. The van der Waals surface area contributed by atoms with E-state index < -0.39 is 0 Å². The molecule has 4 nitrogen and oxygen atoms in total. The van der Waals surface area contributed by atoms with Gasteiger partial charge in [-0.15, -0.1) is 0 Å². The fraction of sp³-hybridized carbons (Fsp3) is 0.875. The minimum atomic E-state index is -0.235. The number of nitrogens with zero attached hydrogens (tertiary/aromatic N) is 2. The maximum absolute atomic E-state index is 11.4. The zero-order chi connectivity index (χ0) is 8.72. The lowest BCUT2D eigenvalue weighted by Crippen LogP contribution is -2.50. The molecule has 2 atom stereocenters. The molecule has 0 aliphatic carbocycles. The summed E-state index contributed by atoms with van der Waals surface area (Å²) in [5.41, 5.74) is 5.67. The molecular formula is C8H15N3O. The normalized spacial score (nSPS) is 37.2. The quantitative estimate of drug-likeness (QED) is 0.498. The van der Waals surface area contributed by atoms with Gasteiger partial charge in [0.05, 0.1) is 6.04 Å². The third-order valence-corrected chi connectivity index (χ3v) is 2.81. The third-order valence-electron chi connectivity index (χ3n) is 2.81. The molecule has 2 fully saturated rings. The van der Waals surface area contributed by atoms with Crippen molar-refractivity contribution >= 4 is 5.91 Å². The largest absolute Gasteiger partial charge is 0.336 e. The first-order valence-electron chi connectivity index (χ1n) is 4.43. The Morgan fingerprint density at radius 1 is 1.50 bits per heavy atom. The first-order valence-corrected chi connectivity index (χ1v) is 4.43. The summed E-state index contributed by atoms with van der Waals surface area (Å²) in [7, 11) is 2.09. The maximum atomic E-state index is 11.4. The minimum Gasteiger partial charge on any atom is -0.336 e. The van der Waals surface area contributed by atoms with Crippen molar-refractivity contribution in [2.75, 3.05) is 26.7 Å². The van der Waals surface area contributed by atoms with Crippen LogP contribution in [0.2, 0.25) is 0 Å². The Balaban J connectivity index is 2.09. The summed E-state index contributed by atoms with van der Waals surface area (Å²) >= 11 is 0. The molecule has 2 aliphatic rings. The molecule has 12 heavy (non-hydrogen) atoms. The molecule has 0 aromatic carbocycles. The standard InChI is InChI=1S/C8H15N3O/c1-10-2-3-11-6(5-10)4-7(9)8(11)12/h6-7H,2-5,9H2,1H3. The lowest BCUT2D eigenvalue weighted by atomic mass is 10.1. The summed E-state index contributed by atoms with van der Waals surface area (Å²) in [5, 5.41) is 0. The van der Waals surface area contributed by atoms with E-state index in [2.05, 4.69) is 11.9 Å². The van der Waals surface area contributed by atoms with E-state index in [9.17, 15) is 4.79 Å². The Bertz CT molecular complexity index is 206. The number of carbonyl (C=O) groups is 1. The second kappa shape index (κ2) is 2.71. The number of amides is 1. The van der Waals surface area contributed by atoms with Gasteiger partial charge in [-0.1, -0.05) is 0 Å². The molecule has 1 amide bonds. The summed E-state index contributed by atoms with van der Waals surface area (Å²) in [6.45, 7) is 2.82. The maximum Gasteiger partial charge on any atom is 0.239 e. The number of piperazine rings is 1. The molecule has 4 heteroatoms. The van der Waals surface area contributed by atoms with Gasteiger partial charge in [0, 0.05) is 25.7 Å². The Kier molecular flexibility index (Phi) is 1.81. The number of hydrogen-bond acceptors (Lipinski definition) is 3. The molecule has 0 radical (unpaired) electrons. The number of nitrogens with two attached hydrogens (primary N) is 1. The van der Waals surface area contributed by atoms with E-state index >= 15 is 0 Å². The van der Waals surface area contributed by atoms with Gasteiger partial charge in [-0.2, -0.15) is 0 Å². The average molecular weight is 169 g/mol. The van der Waals surface area contributed by atoms with Crippen molar-refractivity contribution in [3.05, 3.63) is 0 Å². The first kappa shape index (κ1) is 8.01. The van der Waals surface area contributed by atoms with Crippen LogP contribution in [0, 0.1) is 0 Å². The summed E-state index contributed by atoms with van der Waals surface area (Å²) < 4.78 is 0. The molecule has 0 aromatic rings. The lowest BCUT2D eigenvalue weighted by molar-refractivity contribution is -0.131. The van der Waals surface area contributed by atoms with Crippen LogP contribution in [0.15, 0.2) is 0 Å². The molecule has 0 saturated carbocycles. The second-order valence-electron chi connectivity index (χ2n) is 3.79. The highest BCUT2D eigenvalue weighted by Crippen LogP contribution is 2.21. The molecular weight excluding hydrogens is 154 g/mol. The summed E-state index contributed by atoms with van der Waals surface area (Å²) in [5.74, 6) is 0.146. The Morgan fingerprint density at radius 2 is 2.25 bits per heavy atom. The van der Waals surface area contributed by atoms with Crippen molar-refractivity contribution in [3.63, 3.8) is 0 Å². The van der Waals surface area contributed by atoms with Gasteiger partial charge in [0.2, 0.25) is 5.91 Å². The van der Waals surface area contributed by atoms with Crippen LogP contribution in [0.5, 0.6) is 0 Å². The number of fused-ring (bicyclic) bond motifs is 1. The van der Waals surface area contributed by atoms with Crippen molar-refractivity contribution in [1.82, 2.24) is 9.80 Å². The topological polar surface area (TPSA) is 49.6 Å². The van der Waals surface area contributed by atoms with Gasteiger partial charge >= 0.3 is 0 Å². The van der Waals surface area contributed by atoms with Crippen molar-refractivity contribution in [2.24, 2.45) is 5.73 Å². The highest BCUT2D eigenvalue weighted by Gasteiger charge is 2.39. The van der Waals surface area contributed by atoms with Gasteiger partial charge in [-0.05, 0) is 13.5 Å². The van der Waals surface area contributed by atoms with Crippen LogP contribution in [0.25, 0.3) is 0 Å². The highest BCUT2D eigenvalue weighted by molar-refractivity contribution is 5.84. The van der Waals surface area contributed by atoms with E-state index in [0.717, 1.165) is 26.1 Å². The molecule has 0 aromatic heterocycles. The van der Waals surface area contributed by atoms with Gasteiger partial charge in [0.25, 0.3) is 0 Å². The Labute approximate surface area is 72.3 Å². The van der Waals surface area contributed by atoms with Gasteiger partial charge in [0.15, 0.2) is 0 Å². The van der Waals surface area contributed by atoms with Crippen molar-refractivity contribution in [1.29, 1.82) is 0 Å². The first-order chi connectivity index (χ1) is 5.68.